The van der Waals surface area contributed by atoms with Crippen molar-refractivity contribution in [2.24, 2.45) is 5.92 Å². The molecule has 0 spiro atoms. The molecule has 1 amide bonds. The highest BCUT2D eigenvalue weighted by molar-refractivity contribution is 14.1. The van der Waals surface area contributed by atoms with E-state index >= 15 is 0 Å². The van der Waals surface area contributed by atoms with Crippen LogP contribution in [0.15, 0.2) is 40.1 Å². The largest absolute Gasteiger partial charge is 0.420 e. The number of ketones is 1. The summed E-state index contributed by atoms with van der Waals surface area (Å²) in [5, 5.41) is 0. The summed E-state index contributed by atoms with van der Waals surface area (Å²) in [5.41, 5.74) is 0. The Hall–Kier alpha value is -1.37. The lowest BCUT2D eigenvalue weighted by Gasteiger charge is -2.33. The predicted molar refractivity (Wildman–Crippen MR) is 89.3 cm³/mol. The van der Waals surface area contributed by atoms with Gasteiger partial charge in [0.1, 0.15) is 5.75 Å². The molecule has 0 aliphatic carbocycles. The third kappa shape index (κ3) is 4.30. The molecule has 5 heteroatoms. The average Bonchev–Trinajstić information content (AvgIpc) is 2.38. The Morgan fingerprint density at radius 2 is 2.05 bits per heavy atom. The molecular formula is C16H18INO3. The number of nitrogens with zero attached hydrogens (tertiary/aromatic N) is 1. The van der Waals surface area contributed by atoms with E-state index in [0.717, 1.165) is 6.42 Å². The van der Waals surface area contributed by atoms with Crippen LogP contribution >= 0.6 is 22.6 Å². The first kappa shape index (κ1) is 16.0. The Labute approximate surface area is 138 Å². The van der Waals surface area contributed by atoms with Crippen molar-refractivity contribution in [1.82, 2.24) is 4.90 Å². The van der Waals surface area contributed by atoms with Crippen LogP contribution in [0.25, 0.3) is 0 Å². The van der Waals surface area contributed by atoms with Crippen LogP contribution in [-0.4, -0.2) is 22.8 Å². The first-order valence-corrected chi connectivity index (χ1v) is 8.01. The molecule has 2 rings (SSSR count). The number of carbonyl (C=O) groups excluding carboxylic acids is 2. The van der Waals surface area contributed by atoms with Gasteiger partial charge in [0.25, 0.3) is 0 Å². The summed E-state index contributed by atoms with van der Waals surface area (Å²) in [6, 6.07) is 8.83. The number of benzene rings is 1. The van der Waals surface area contributed by atoms with E-state index in [2.05, 4.69) is 13.8 Å². The second-order valence-electron chi connectivity index (χ2n) is 5.47. The van der Waals surface area contributed by atoms with Gasteiger partial charge in [0.2, 0.25) is 0 Å². The standard InChI is InChI=1S/C16H18INO3/c1-11(2)8-12-9-13(19)10-15(17)18(12)16(20)21-14-6-4-3-5-7-14/h3-7,10-12H,8-9H2,1-2H3. The molecule has 1 atom stereocenters. The van der Waals surface area contributed by atoms with Crippen LogP contribution in [0.5, 0.6) is 5.75 Å². The molecule has 1 aromatic carbocycles. The van der Waals surface area contributed by atoms with Gasteiger partial charge in [-0.1, -0.05) is 32.0 Å². The molecule has 4 nitrogen and oxygen atoms in total. The predicted octanol–water partition coefficient (Wildman–Crippen LogP) is 4.15. The second-order valence-corrected chi connectivity index (χ2v) is 6.58. The number of halogens is 1. The van der Waals surface area contributed by atoms with Crippen LogP contribution in [0, 0.1) is 5.92 Å². The van der Waals surface area contributed by atoms with Crippen molar-refractivity contribution < 1.29 is 14.3 Å². The second kappa shape index (κ2) is 7.06. The highest BCUT2D eigenvalue weighted by atomic mass is 127. The number of rotatable bonds is 3. The zero-order valence-corrected chi connectivity index (χ0v) is 14.2. The van der Waals surface area contributed by atoms with Gasteiger partial charge in [-0.15, -0.1) is 0 Å². The molecule has 0 fully saturated rings. The molecule has 1 aliphatic rings. The molecule has 0 N–H and O–H groups in total. The Morgan fingerprint density at radius 3 is 2.67 bits per heavy atom. The Kier molecular flexibility index (Phi) is 5.39. The van der Waals surface area contributed by atoms with E-state index in [1.807, 2.05) is 40.8 Å². The maximum Gasteiger partial charge on any atom is 0.420 e. The van der Waals surface area contributed by atoms with Crippen LogP contribution in [-0.2, 0) is 4.79 Å². The summed E-state index contributed by atoms with van der Waals surface area (Å²) in [6.45, 7) is 4.16. The van der Waals surface area contributed by atoms with E-state index in [-0.39, 0.29) is 11.8 Å². The highest BCUT2D eigenvalue weighted by Crippen LogP contribution is 2.29. The van der Waals surface area contributed by atoms with Crippen LogP contribution in [0.4, 0.5) is 4.79 Å². The lowest BCUT2D eigenvalue weighted by molar-refractivity contribution is -0.116. The molecule has 112 valence electrons. The monoisotopic (exact) mass is 399 g/mol. The summed E-state index contributed by atoms with van der Waals surface area (Å²) >= 11 is 2.02. The van der Waals surface area contributed by atoms with Crippen molar-refractivity contribution in [2.75, 3.05) is 0 Å². The van der Waals surface area contributed by atoms with Gasteiger partial charge >= 0.3 is 6.09 Å². The summed E-state index contributed by atoms with van der Waals surface area (Å²) in [4.78, 5) is 25.7. The number of allylic oxidation sites excluding steroid dienone is 1. The van der Waals surface area contributed by atoms with E-state index in [1.54, 1.807) is 17.0 Å². The van der Waals surface area contributed by atoms with Crippen LogP contribution < -0.4 is 4.74 Å². The Morgan fingerprint density at radius 1 is 1.38 bits per heavy atom. The number of hydrogen-bond donors (Lipinski definition) is 0. The molecule has 1 heterocycles. The fraction of sp³-hybridized carbons (Fsp3) is 0.375. The SMILES string of the molecule is CC(C)CC1CC(=O)C=C(I)N1C(=O)Oc1ccccc1. The zero-order valence-electron chi connectivity index (χ0n) is 12.1. The van der Waals surface area contributed by atoms with Gasteiger partial charge in [-0.3, -0.25) is 9.69 Å². The normalized spacial score (nSPS) is 18.7. The van der Waals surface area contributed by atoms with Crippen molar-refractivity contribution in [3.63, 3.8) is 0 Å². The minimum Gasteiger partial charge on any atom is -0.410 e. The maximum absolute atomic E-state index is 12.4. The van der Waals surface area contributed by atoms with E-state index in [4.69, 9.17) is 4.74 Å². The van der Waals surface area contributed by atoms with Crippen molar-refractivity contribution in [3.8, 4) is 5.75 Å². The molecular weight excluding hydrogens is 381 g/mol. The van der Waals surface area contributed by atoms with Crippen LogP contribution in [0.1, 0.15) is 26.7 Å². The van der Waals surface area contributed by atoms with Crippen LogP contribution in [0.3, 0.4) is 0 Å². The third-order valence-electron chi connectivity index (χ3n) is 3.20. The fourth-order valence-electron chi connectivity index (χ4n) is 2.37. The Bertz CT molecular complexity index is 554. The first-order valence-electron chi connectivity index (χ1n) is 6.93. The lowest BCUT2D eigenvalue weighted by atomic mass is 9.96. The zero-order chi connectivity index (χ0) is 15.4. The number of amides is 1. The first-order chi connectivity index (χ1) is 9.97. The number of hydrogen-bond acceptors (Lipinski definition) is 3. The number of para-hydroxylation sites is 1. The topological polar surface area (TPSA) is 46.6 Å². The number of carbonyl (C=O) groups is 2. The summed E-state index contributed by atoms with van der Waals surface area (Å²) in [5.74, 6) is 0.970. The summed E-state index contributed by atoms with van der Waals surface area (Å²) in [7, 11) is 0. The molecule has 0 radical (unpaired) electrons. The molecule has 1 aromatic rings. The van der Waals surface area contributed by atoms with Crippen molar-refractivity contribution in [1.29, 1.82) is 0 Å². The molecule has 0 bridgehead atoms. The average molecular weight is 399 g/mol. The summed E-state index contributed by atoms with van der Waals surface area (Å²) in [6.07, 6.45) is 2.20. The smallest absolute Gasteiger partial charge is 0.410 e. The van der Waals surface area contributed by atoms with Gasteiger partial charge in [-0.25, -0.2) is 4.79 Å². The molecule has 1 unspecified atom stereocenters. The van der Waals surface area contributed by atoms with Gasteiger partial charge in [0.05, 0.1) is 3.70 Å². The molecule has 1 aliphatic heterocycles. The van der Waals surface area contributed by atoms with Gasteiger partial charge in [-0.05, 0) is 47.1 Å². The van der Waals surface area contributed by atoms with E-state index < -0.39 is 6.09 Å². The van der Waals surface area contributed by atoms with Crippen molar-refractivity contribution in [3.05, 3.63) is 40.1 Å². The highest BCUT2D eigenvalue weighted by Gasteiger charge is 2.33. The van der Waals surface area contributed by atoms with E-state index in [9.17, 15) is 9.59 Å². The lowest BCUT2D eigenvalue weighted by Crippen LogP contribution is -2.44. The summed E-state index contributed by atoms with van der Waals surface area (Å²) < 4.78 is 6.02. The molecule has 0 saturated carbocycles. The maximum atomic E-state index is 12.4. The fourth-order valence-corrected chi connectivity index (χ4v) is 3.31. The molecule has 21 heavy (non-hydrogen) atoms. The minimum atomic E-state index is -0.431. The van der Waals surface area contributed by atoms with Crippen LogP contribution in [0.2, 0.25) is 0 Å². The number of ether oxygens (including phenoxy) is 1. The molecule has 0 aromatic heterocycles. The van der Waals surface area contributed by atoms with Gasteiger partial charge in [0, 0.05) is 18.5 Å². The van der Waals surface area contributed by atoms with Gasteiger partial charge in [-0.2, -0.15) is 0 Å². The third-order valence-corrected chi connectivity index (χ3v) is 4.03. The Balaban J connectivity index is 2.18. The van der Waals surface area contributed by atoms with E-state index in [0.29, 0.717) is 21.8 Å². The van der Waals surface area contributed by atoms with Crippen molar-refractivity contribution in [2.45, 2.75) is 32.7 Å². The van der Waals surface area contributed by atoms with Gasteiger partial charge in [0.15, 0.2) is 5.78 Å². The minimum absolute atomic E-state index is 0.0637. The van der Waals surface area contributed by atoms with E-state index in [1.165, 1.54) is 6.08 Å². The van der Waals surface area contributed by atoms with Crippen molar-refractivity contribution >= 4 is 34.5 Å². The quantitative estimate of drug-likeness (QED) is 0.567. The van der Waals surface area contributed by atoms with Gasteiger partial charge < -0.3 is 4.74 Å². The molecule has 0 saturated heterocycles.